The van der Waals surface area contributed by atoms with Crippen LogP contribution in [0.5, 0.6) is 17.2 Å². The molecule has 1 N–H and O–H groups in total. The highest BCUT2D eigenvalue weighted by Crippen LogP contribution is 2.43. The number of halogens is 1. The normalized spacial score (nSPS) is 16.5. The van der Waals surface area contributed by atoms with Crippen molar-refractivity contribution in [2.75, 3.05) is 14.2 Å². The molecule has 0 saturated heterocycles. The zero-order chi connectivity index (χ0) is 25.7. The number of phenols is 1. The average Bonchev–Trinajstić information content (AvgIpc) is 3.23. The molecule has 0 radical (unpaired) electrons. The summed E-state index contributed by atoms with van der Waals surface area (Å²) >= 11 is 4.77. The number of rotatable bonds is 4. The molecule has 4 aromatic rings. The van der Waals surface area contributed by atoms with Crippen molar-refractivity contribution in [1.82, 2.24) is 4.57 Å². The zero-order valence-electron chi connectivity index (χ0n) is 20.2. The van der Waals surface area contributed by atoms with Crippen LogP contribution in [0, 0.1) is 0 Å². The first-order chi connectivity index (χ1) is 18.0. The smallest absolute Gasteiger partial charge is 0.271 e. The Morgan fingerprint density at radius 2 is 1.81 bits per heavy atom. The van der Waals surface area contributed by atoms with Crippen LogP contribution in [0.1, 0.15) is 34.7 Å². The van der Waals surface area contributed by atoms with Gasteiger partial charge in [-0.3, -0.25) is 9.36 Å². The lowest BCUT2D eigenvalue weighted by atomic mass is 9.83. The van der Waals surface area contributed by atoms with E-state index in [1.54, 1.807) is 29.9 Å². The lowest BCUT2D eigenvalue weighted by Gasteiger charge is -2.31. The van der Waals surface area contributed by atoms with Crippen molar-refractivity contribution in [3.8, 4) is 17.2 Å². The van der Waals surface area contributed by atoms with E-state index in [1.807, 2.05) is 30.3 Å². The molecule has 186 valence electrons. The molecule has 1 atom stereocenters. The van der Waals surface area contributed by atoms with Crippen LogP contribution < -0.4 is 24.4 Å². The molecule has 37 heavy (non-hydrogen) atoms. The summed E-state index contributed by atoms with van der Waals surface area (Å²) in [4.78, 5) is 19.6. The van der Waals surface area contributed by atoms with Crippen LogP contribution in [-0.4, -0.2) is 23.9 Å². The molecule has 0 unspecified atom stereocenters. The van der Waals surface area contributed by atoms with Crippen LogP contribution in [-0.2, 0) is 6.42 Å². The van der Waals surface area contributed by atoms with Crippen LogP contribution in [0.25, 0.3) is 11.8 Å². The highest BCUT2D eigenvalue weighted by Gasteiger charge is 2.34. The van der Waals surface area contributed by atoms with Gasteiger partial charge in [-0.25, -0.2) is 4.99 Å². The minimum atomic E-state index is -0.344. The average molecular weight is 575 g/mol. The molecule has 0 spiro atoms. The number of methoxy groups -OCH3 is 2. The summed E-state index contributed by atoms with van der Waals surface area (Å²) in [5.74, 6) is 1.03. The van der Waals surface area contributed by atoms with Crippen molar-refractivity contribution in [2.24, 2.45) is 4.99 Å². The second-order valence-electron chi connectivity index (χ2n) is 8.90. The summed E-state index contributed by atoms with van der Waals surface area (Å²) < 4.78 is 14.0. The molecule has 0 bridgehead atoms. The van der Waals surface area contributed by atoms with Crippen LogP contribution in [0.2, 0.25) is 0 Å². The molecule has 0 amide bonds. The molecule has 1 aliphatic heterocycles. The Hall–Kier alpha value is -3.62. The van der Waals surface area contributed by atoms with E-state index in [0.29, 0.717) is 20.6 Å². The Kier molecular flexibility index (Phi) is 6.01. The molecule has 2 aliphatic rings. The maximum absolute atomic E-state index is 14.0. The molecular weight excluding hydrogens is 552 g/mol. The van der Waals surface area contributed by atoms with Crippen molar-refractivity contribution in [1.29, 1.82) is 0 Å². The summed E-state index contributed by atoms with van der Waals surface area (Å²) in [7, 11) is 3.15. The predicted molar refractivity (Wildman–Crippen MR) is 148 cm³/mol. The van der Waals surface area contributed by atoms with Gasteiger partial charge >= 0.3 is 0 Å². The second kappa shape index (κ2) is 9.36. The zero-order valence-corrected chi connectivity index (χ0v) is 22.6. The van der Waals surface area contributed by atoms with E-state index >= 15 is 0 Å². The Labute approximate surface area is 225 Å². The predicted octanol–water partition coefficient (Wildman–Crippen LogP) is 4.80. The third kappa shape index (κ3) is 3.91. The fraction of sp³-hybridized carbons (Fsp3) is 0.172. The van der Waals surface area contributed by atoms with Crippen LogP contribution in [0.3, 0.4) is 0 Å². The largest absolute Gasteiger partial charge is 0.504 e. The summed E-state index contributed by atoms with van der Waals surface area (Å²) in [6.07, 6.45) is 3.38. The number of aromatic nitrogens is 1. The number of thiazole rings is 1. The number of allylic oxidation sites excluding steroid dienone is 1. The first-order valence-electron chi connectivity index (χ1n) is 11.8. The second-order valence-corrected chi connectivity index (χ2v) is 10.8. The van der Waals surface area contributed by atoms with Crippen molar-refractivity contribution in [2.45, 2.75) is 18.9 Å². The standard InChI is InChI=1S/C29H23BrN2O4S/c1-35-22-10-6-5-9-20(22)26-21-12-11-16-7-3-4-8-19(16)25(21)31-29-32(26)28(34)24(37-29)14-17-13-18(30)15-23(36-2)27(17)33/h3-10,13-15,26,33H,11-12H2,1-2H3/b24-14-/t26-/m1/s1. The number of para-hydroxylation sites is 1. The molecule has 1 aromatic heterocycles. The molecule has 2 heterocycles. The Balaban J connectivity index is 1.65. The van der Waals surface area contributed by atoms with E-state index in [-0.39, 0.29) is 17.4 Å². The van der Waals surface area contributed by atoms with Gasteiger partial charge < -0.3 is 14.6 Å². The first kappa shape index (κ1) is 23.8. The SMILES string of the molecule is COc1ccccc1[C@@H]1C2=C(N=c3s/c(=C\c4cc(Br)cc(OC)c4O)c(=O)n31)c1ccccc1CC2. The van der Waals surface area contributed by atoms with Gasteiger partial charge in [0.1, 0.15) is 5.75 Å². The quantitative estimate of drug-likeness (QED) is 0.380. The molecule has 3 aromatic carbocycles. The molecule has 1 aliphatic carbocycles. The topological polar surface area (TPSA) is 73.1 Å². The molecule has 6 rings (SSSR count). The van der Waals surface area contributed by atoms with E-state index in [4.69, 9.17) is 14.5 Å². The molecule has 0 fully saturated rings. The monoisotopic (exact) mass is 574 g/mol. The fourth-order valence-electron chi connectivity index (χ4n) is 5.19. The fourth-order valence-corrected chi connectivity index (χ4v) is 6.64. The van der Waals surface area contributed by atoms with Gasteiger partial charge in [-0.2, -0.15) is 0 Å². The third-order valence-corrected chi connectivity index (χ3v) is 8.32. The van der Waals surface area contributed by atoms with Gasteiger partial charge in [-0.15, -0.1) is 0 Å². The third-order valence-electron chi connectivity index (χ3n) is 6.88. The number of aromatic hydroxyl groups is 1. The van der Waals surface area contributed by atoms with Crippen LogP contribution in [0.4, 0.5) is 0 Å². The molecule has 0 saturated carbocycles. The number of hydrogen-bond acceptors (Lipinski definition) is 6. The van der Waals surface area contributed by atoms with Crippen LogP contribution >= 0.6 is 27.3 Å². The highest BCUT2D eigenvalue weighted by molar-refractivity contribution is 9.10. The highest BCUT2D eigenvalue weighted by atomic mass is 79.9. The number of ether oxygens (including phenoxy) is 2. The van der Waals surface area contributed by atoms with Gasteiger partial charge in [0.25, 0.3) is 5.56 Å². The van der Waals surface area contributed by atoms with Gasteiger partial charge in [0.15, 0.2) is 16.3 Å². The number of hydrogen-bond donors (Lipinski definition) is 1. The van der Waals surface area contributed by atoms with Crippen molar-refractivity contribution >= 4 is 39.0 Å². The van der Waals surface area contributed by atoms with E-state index in [0.717, 1.165) is 45.5 Å². The summed E-state index contributed by atoms with van der Waals surface area (Å²) in [6.45, 7) is 0. The van der Waals surface area contributed by atoms with E-state index in [2.05, 4.69) is 34.1 Å². The summed E-state index contributed by atoms with van der Waals surface area (Å²) in [5.41, 5.74) is 5.64. The summed E-state index contributed by atoms with van der Waals surface area (Å²) in [5, 5.41) is 10.7. The maximum atomic E-state index is 14.0. The van der Waals surface area contributed by atoms with Crippen molar-refractivity contribution in [3.05, 3.63) is 113 Å². The van der Waals surface area contributed by atoms with Crippen molar-refractivity contribution in [3.63, 3.8) is 0 Å². The number of benzene rings is 3. The van der Waals surface area contributed by atoms with Gasteiger partial charge in [0, 0.05) is 21.2 Å². The number of fused-ring (bicyclic) bond motifs is 3. The number of nitrogens with zero attached hydrogens (tertiary/aromatic N) is 2. The van der Waals surface area contributed by atoms with E-state index < -0.39 is 0 Å². The molecular formula is C29H23BrN2O4S. The minimum Gasteiger partial charge on any atom is -0.504 e. The lowest BCUT2D eigenvalue weighted by Crippen LogP contribution is -2.39. The van der Waals surface area contributed by atoms with Gasteiger partial charge in [-0.1, -0.05) is 69.7 Å². The maximum Gasteiger partial charge on any atom is 0.271 e. The lowest BCUT2D eigenvalue weighted by molar-refractivity contribution is 0.372. The molecule has 6 nitrogen and oxygen atoms in total. The first-order valence-corrected chi connectivity index (χ1v) is 13.4. The Bertz CT molecular complexity index is 1770. The van der Waals surface area contributed by atoms with Gasteiger partial charge in [0.05, 0.1) is 30.5 Å². The molecule has 8 heteroatoms. The van der Waals surface area contributed by atoms with Gasteiger partial charge in [0.2, 0.25) is 0 Å². The van der Waals surface area contributed by atoms with Crippen molar-refractivity contribution < 1.29 is 14.6 Å². The van der Waals surface area contributed by atoms with Crippen LogP contribution in [0.15, 0.2) is 80.5 Å². The van der Waals surface area contributed by atoms with E-state index in [9.17, 15) is 9.90 Å². The summed E-state index contributed by atoms with van der Waals surface area (Å²) in [6, 6.07) is 19.3. The number of aryl methyl sites for hydroxylation is 1. The number of phenolic OH excluding ortho intramolecular Hbond substituents is 1. The van der Waals surface area contributed by atoms with E-state index in [1.165, 1.54) is 24.0 Å². The Morgan fingerprint density at radius 1 is 1.05 bits per heavy atom. The Morgan fingerprint density at radius 3 is 2.62 bits per heavy atom. The minimum absolute atomic E-state index is 0.0222. The van der Waals surface area contributed by atoms with Gasteiger partial charge in [-0.05, 0) is 48.3 Å².